The number of rotatable bonds is 5. The van der Waals surface area contributed by atoms with E-state index in [9.17, 15) is 14.7 Å². The van der Waals surface area contributed by atoms with Gasteiger partial charge in [-0.05, 0) is 62.1 Å². The van der Waals surface area contributed by atoms with E-state index in [1.807, 2.05) is 36.9 Å². The Labute approximate surface area is 215 Å². The summed E-state index contributed by atoms with van der Waals surface area (Å²) < 4.78 is 0. The van der Waals surface area contributed by atoms with E-state index in [4.69, 9.17) is 11.6 Å². The molecular weight excluding hydrogens is 464 g/mol. The summed E-state index contributed by atoms with van der Waals surface area (Å²) in [5.41, 5.74) is 0.677. The van der Waals surface area contributed by atoms with Crippen LogP contribution in [0.2, 0.25) is 5.02 Å². The molecule has 7 nitrogen and oxygen atoms in total. The predicted octanol–water partition coefficient (Wildman–Crippen LogP) is 3.34. The fraction of sp³-hybridized carbons (Fsp3) is 0.704. The van der Waals surface area contributed by atoms with Crippen molar-refractivity contribution in [1.82, 2.24) is 14.7 Å². The second-order valence-electron chi connectivity index (χ2n) is 11.6. The van der Waals surface area contributed by atoms with Crippen LogP contribution >= 0.6 is 11.6 Å². The smallest absolute Gasteiger partial charge is 0.254 e. The van der Waals surface area contributed by atoms with Gasteiger partial charge in [0.05, 0.1) is 10.6 Å². The highest BCUT2D eigenvalue weighted by Crippen LogP contribution is 2.43. The summed E-state index contributed by atoms with van der Waals surface area (Å²) >= 11 is 6.43. The number of carbonyl (C=O) groups excluding carboxylic acids is 2. The van der Waals surface area contributed by atoms with Crippen LogP contribution in [0, 0.1) is 11.3 Å². The van der Waals surface area contributed by atoms with Gasteiger partial charge in [0.15, 0.2) is 0 Å². The molecule has 0 aliphatic carbocycles. The lowest BCUT2D eigenvalue weighted by Gasteiger charge is -2.57. The zero-order chi connectivity index (χ0) is 25.5. The molecule has 4 rings (SSSR count). The minimum absolute atomic E-state index is 0.0764. The largest absolute Gasteiger partial charge is 0.380 e. The van der Waals surface area contributed by atoms with Gasteiger partial charge in [-0.2, -0.15) is 0 Å². The van der Waals surface area contributed by atoms with Crippen molar-refractivity contribution in [2.24, 2.45) is 11.3 Å². The molecule has 194 valence electrons. The third-order valence-corrected chi connectivity index (χ3v) is 8.99. The summed E-state index contributed by atoms with van der Waals surface area (Å²) in [5.74, 6) is -0.289. The Balaban J connectivity index is 1.25. The van der Waals surface area contributed by atoms with E-state index in [-0.39, 0.29) is 17.7 Å². The molecular formula is C27H41ClN4O3. The first-order valence-corrected chi connectivity index (χ1v) is 13.3. The highest BCUT2D eigenvalue weighted by atomic mass is 35.5. The highest BCUT2D eigenvalue weighted by Gasteiger charge is 2.49. The normalized spacial score (nSPS) is 22.7. The Morgan fingerprint density at radius 1 is 1.11 bits per heavy atom. The summed E-state index contributed by atoms with van der Waals surface area (Å²) in [5, 5.41) is 11.1. The number of amides is 2. The zero-order valence-electron chi connectivity index (χ0n) is 21.9. The van der Waals surface area contributed by atoms with E-state index in [0.29, 0.717) is 22.0 Å². The number of likely N-dealkylation sites (tertiary alicyclic amines) is 2. The van der Waals surface area contributed by atoms with E-state index in [1.165, 1.54) is 0 Å². The minimum Gasteiger partial charge on any atom is -0.380 e. The maximum absolute atomic E-state index is 12.8. The van der Waals surface area contributed by atoms with Gasteiger partial charge in [-0.25, -0.2) is 0 Å². The molecule has 0 aromatic heterocycles. The summed E-state index contributed by atoms with van der Waals surface area (Å²) in [4.78, 5) is 33.4. The topological polar surface area (TPSA) is 67.3 Å². The summed E-state index contributed by atoms with van der Waals surface area (Å²) in [6.45, 7) is 11.1. The van der Waals surface area contributed by atoms with E-state index >= 15 is 0 Å². The Bertz CT molecular complexity index is 940. The second kappa shape index (κ2) is 9.91. The van der Waals surface area contributed by atoms with Crippen LogP contribution in [0.15, 0.2) is 18.2 Å². The zero-order valence-corrected chi connectivity index (χ0v) is 22.6. The number of hydrogen-bond donors (Lipinski definition) is 1. The van der Waals surface area contributed by atoms with Gasteiger partial charge < -0.3 is 19.8 Å². The monoisotopic (exact) mass is 504 g/mol. The molecule has 0 saturated carbocycles. The summed E-state index contributed by atoms with van der Waals surface area (Å²) in [7, 11) is 3.47. The molecule has 2 amide bonds. The molecule has 8 heteroatoms. The Hall–Kier alpha value is -1.83. The van der Waals surface area contributed by atoms with Crippen LogP contribution in [0.25, 0.3) is 0 Å². The third-order valence-electron chi connectivity index (χ3n) is 8.68. The first-order valence-electron chi connectivity index (χ1n) is 13.0. The van der Waals surface area contributed by atoms with E-state index in [1.54, 1.807) is 25.9 Å². The average Bonchev–Trinajstić information content (AvgIpc) is 2.81. The Morgan fingerprint density at radius 2 is 1.71 bits per heavy atom. The maximum atomic E-state index is 12.8. The van der Waals surface area contributed by atoms with Crippen LogP contribution in [0.4, 0.5) is 5.69 Å². The molecule has 0 radical (unpaired) electrons. The SMILES string of the molecule is CC(C)[C@](C)(O)C(=O)N1CCC2(CC1)CN(C1CCN(c3ccc(C(=O)N(C)C)c(Cl)c3)CC1)C2. The lowest BCUT2D eigenvalue weighted by atomic mass is 9.70. The van der Waals surface area contributed by atoms with E-state index in [0.717, 1.165) is 70.6 Å². The van der Waals surface area contributed by atoms with Gasteiger partial charge in [-0.15, -0.1) is 0 Å². The van der Waals surface area contributed by atoms with Crippen LogP contribution in [-0.4, -0.2) is 96.6 Å². The first kappa shape index (κ1) is 26.2. The van der Waals surface area contributed by atoms with Gasteiger partial charge in [-0.3, -0.25) is 14.5 Å². The molecule has 3 aliphatic rings. The molecule has 1 N–H and O–H groups in total. The molecule has 3 saturated heterocycles. The fourth-order valence-corrected chi connectivity index (χ4v) is 6.00. The van der Waals surface area contributed by atoms with Crippen molar-refractivity contribution < 1.29 is 14.7 Å². The van der Waals surface area contributed by atoms with Crippen molar-refractivity contribution in [2.45, 2.75) is 58.1 Å². The van der Waals surface area contributed by atoms with E-state index < -0.39 is 5.60 Å². The van der Waals surface area contributed by atoms with Crippen LogP contribution in [0.3, 0.4) is 0 Å². The van der Waals surface area contributed by atoms with Crippen LogP contribution < -0.4 is 4.90 Å². The molecule has 1 spiro atoms. The van der Waals surface area contributed by atoms with Crippen molar-refractivity contribution in [2.75, 3.05) is 58.3 Å². The van der Waals surface area contributed by atoms with Gasteiger partial charge in [0, 0.05) is 65.1 Å². The maximum Gasteiger partial charge on any atom is 0.254 e. The lowest BCUT2D eigenvalue weighted by Crippen LogP contribution is -2.65. The molecule has 3 heterocycles. The number of nitrogens with zero attached hydrogens (tertiary/aromatic N) is 4. The number of piperidine rings is 2. The minimum atomic E-state index is -1.28. The third kappa shape index (κ3) is 5.18. The van der Waals surface area contributed by atoms with Gasteiger partial charge >= 0.3 is 0 Å². The Kier molecular flexibility index (Phi) is 7.43. The summed E-state index contributed by atoms with van der Waals surface area (Å²) in [6.07, 6.45) is 4.29. The molecule has 3 fully saturated rings. The van der Waals surface area contributed by atoms with Gasteiger partial charge in [0.25, 0.3) is 11.8 Å². The molecule has 0 unspecified atom stereocenters. The average molecular weight is 505 g/mol. The van der Waals surface area contributed by atoms with Crippen LogP contribution in [0.1, 0.15) is 56.8 Å². The molecule has 3 aliphatic heterocycles. The van der Waals surface area contributed by atoms with Crippen molar-refractivity contribution in [1.29, 1.82) is 0 Å². The molecule has 1 aromatic rings. The number of halogens is 1. The van der Waals surface area contributed by atoms with E-state index in [2.05, 4.69) is 9.80 Å². The summed E-state index contributed by atoms with van der Waals surface area (Å²) in [6, 6.07) is 6.36. The number of anilines is 1. The number of hydrogen-bond acceptors (Lipinski definition) is 5. The molecule has 1 atom stereocenters. The highest BCUT2D eigenvalue weighted by molar-refractivity contribution is 6.34. The molecule has 1 aromatic carbocycles. The standard InChI is InChI=1S/C27H41ClN4O3/c1-19(2)26(3,35)25(34)31-14-10-27(11-15-31)17-32(18-27)20-8-12-30(13-9-20)21-6-7-22(23(28)16-21)24(33)29(4)5/h6-7,16,19-20,35H,8-15,17-18H2,1-5H3/t26-/m0/s1. The first-order chi connectivity index (χ1) is 16.4. The van der Waals surface area contributed by atoms with Crippen molar-refractivity contribution in [3.05, 3.63) is 28.8 Å². The fourth-order valence-electron chi connectivity index (χ4n) is 5.75. The van der Waals surface area contributed by atoms with Gasteiger partial charge in [0.1, 0.15) is 5.60 Å². The number of aliphatic hydroxyl groups is 1. The van der Waals surface area contributed by atoms with Crippen molar-refractivity contribution in [3.8, 4) is 0 Å². The van der Waals surface area contributed by atoms with Crippen LogP contribution in [-0.2, 0) is 4.79 Å². The Morgan fingerprint density at radius 3 is 2.23 bits per heavy atom. The second-order valence-corrected chi connectivity index (χ2v) is 12.0. The van der Waals surface area contributed by atoms with Crippen molar-refractivity contribution in [3.63, 3.8) is 0 Å². The van der Waals surface area contributed by atoms with Crippen LogP contribution in [0.5, 0.6) is 0 Å². The van der Waals surface area contributed by atoms with Crippen molar-refractivity contribution >= 4 is 29.1 Å². The predicted molar refractivity (Wildman–Crippen MR) is 140 cm³/mol. The van der Waals surface area contributed by atoms with Gasteiger partial charge in [-0.1, -0.05) is 25.4 Å². The number of benzene rings is 1. The molecule has 35 heavy (non-hydrogen) atoms. The lowest BCUT2D eigenvalue weighted by molar-refractivity contribution is -0.159. The van der Waals surface area contributed by atoms with Gasteiger partial charge in [0.2, 0.25) is 0 Å². The number of carbonyl (C=O) groups is 2. The molecule has 0 bridgehead atoms. The quantitative estimate of drug-likeness (QED) is 0.666.